The quantitative estimate of drug-likeness (QED) is 0.596. The van der Waals surface area contributed by atoms with Crippen LogP contribution in [-0.4, -0.2) is 0 Å². The molecule has 0 aliphatic carbocycles. The van der Waals surface area contributed by atoms with Crippen LogP contribution in [0.1, 0.15) is 6.92 Å². The molecule has 1 aromatic rings. The van der Waals surface area contributed by atoms with Gasteiger partial charge in [-0.15, -0.1) is 0 Å². The highest BCUT2D eigenvalue weighted by molar-refractivity contribution is 5.73. The minimum absolute atomic E-state index is 1.23. The molecule has 2 heteroatoms. The Morgan fingerprint density at radius 3 is 1.90 bits per heavy atom. The maximum absolute atomic E-state index is 7.32. The van der Waals surface area contributed by atoms with E-state index in [-0.39, 0.29) is 0 Å². The monoisotopic (exact) mass is 132 g/mol. The fraction of sp³-hybridized carbons (Fsp3) is 0.125. The summed E-state index contributed by atoms with van der Waals surface area (Å²) in [7, 11) is 0. The zero-order chi connectivity index (χ0) is 7.40. The lowest BCUT2D eigenvalue weighted by Crippen LogP contribution is -1.98. The first kappa shape index (κ1) is 6.63. The van der Waals surface area contributed by atoms with Gasteiger partial charge < -0.3 is 5.32 Å². The van der Waals surface area contributed by atoms with Gasteiger partial charge in [0.1, 0.15) is 0 Å². The van der Waals surface area contributed by atoms with Crippen molar-refractivity contribution in [3.8, 4) is 6.07 Å². The second-order valence-electron chi connectivity index (χ2n) is 1.93. The molecule has 2 nitrogen and oxygen atoms in total. The Labute approximate surface area is 60.1 Å². The Bertz CT molecular complexity index is 235. The van der Waals surface area contributed by atoms with Crippen molar-refractivity contribution < 1.29 is 0 Å². The highest BCUT2D eigenvalue weighted by Gasteiger charge is 2.02. The van der Waals surface area contributed by atoms with E-state index in [1.54, 1.807) is 6.07 Å². The molecule has 0 saturated carbocycles. The fourth-order valence-electron chi connectivity index (χ4n) is 0.764. The molecule has 1 aromatic carbocycles. The van der Waals surface area contributed by atoms with Gasteiger partial charge >= 0.3 is 0 Å². The van der Waals surface area contributed by atoms with E-state index in [1.807, 2.05) is 18.2 Å². The summed E-state index contributed by atoms with van der Waals surface area (Å²) in [5, 5.41) is 10.4. The molecular weight excluding hydrogens is 124 g/mol. The highest BCUT2D eigenvalue weighted by Crippen LogP contribution is 2.27. The summed E-state index contributed by atoms with van der Waals surface area (Å²) in [6.45, 7) is 1.43. The Hall–Kier alpha value is -1.49. The SMILES string of the molecule is CC#N.c1cc2cc(c1)N2. The van der Waals surface area contributed by atoms with E-state index in [9.17, 15) is 0 Å². The molecule has 2 bridgehead atoms. The zero-order valence-corrected chi connectivity index (χ0v) is 5.76. The summed E-state index contributed by atoms with van der Waals surface area (Å²) >= 11 is 0. The third-order valence-electron chi connectivity index (χ3n) is 1.15. The van der Waals surface area contributed by atoms with Crippen LogP contribution in [0.25, 0.3) is 0 Å². The molecule has 10 heavy (non-hydrogen) atoms. The maximum atomic E-state index is 7.32. The van der Waals surface area contributed by atoms with Gasteiger partial charge in [-0.05, 0) is 18.2 Å². The van der Waals surface area contributed by atoms with Gasteiger partial charge in [0.15, 0.2) is 0 Å². The average molecular weight is 132 g/mol. The van der Waals surface area contributed by atoms with Crippen LogP contribution in [0.3, 0.4) is 0 Å². The van der Waals surface area contributed by atoms with Crippen LogP contribution in [0.2, 0.25) is 0 Å². The van der Waals surface area contributed by atoms with E-state index in [2.05, 4.69) is 11.4 Å². The van der Waals surface area contributed by atoms with E-state index in [0.29, 0.717) is 0 Å². The van der Waals surface area contributed by atoms with Crippen molar-refractivity contribution in [1.29, 1.82) is 5.26 Å². The molecule has 0 saturated heterocycles. The minimum atomic E-state index is 1.23. The molecule has 0 amide bonds. The lowest BCUT2D eigenvalue weighted by molar-refractivity contribution is 1.48. The largest absolute Gasteiger partial charge is 0.355 e. The van der Waals surface area contributed by atoms with E-state index >= 15 is 0 Å². The third kappa shape index (κ3) is 1.26. The normalized spacial score (nSPS) is 9.20. The highest BCUT2D eigenvalue weighted by atomic mass is 14.9. The van der Waals surface area contributed by atoms with Gasteiger partial charge in [-0.1, -0.05) is 6.07 Å². The van der Waals surface area contributed by atoms with Crippen molar-refractivity contribution in [2.24, 2.45) is 0 Å². The molecular formula is C8H8N2. The lowest BCUT2D eigenvalue weighted by atomic mass is 10.2. The molecule has 1 N–H and O–H groups in total. The number of fused-ring (bicyclic) bond motifs is 2. The van der Waals surface area contributed by atoms with Crippen LogP contribution < -0.4 is 5.32 Å². The van der Waals surface area contributed by atoms with E-state index in [0.717, 1.165) is 0 Å². The van der Waals surface area contributed by atoms with Crippen molar-refractivity contribution in [2.45, 2.75) is 6.92 Å². The topological polar surface area (TPSA) is 35.8 Å². The summed E-state index contributed by atoms with van der Waals surface area (Å²) in [4.78, 5) is 0. The zero-order valence-electron chi connectivity index (χ0n) is 5.76. The molecule has 2 aliphatic rings. The second-order valence-corrected chi connectivity index (χ2v) is 1.93. The fourth-order valence-corrected chi connectivity index (χ4v) is 0.764. The number of nitrogens with one attached hydrogen (secondary N) is 1. The second kappa shape index (κ2) is 2.88. The van der Waals surface area contributed by atoms with Crippen LogP contribution in [0.15, 0.2) is 24.3 Å². The van der Waals surface area contributed by atoms with Crippen molar-refractivity contribution in [3.63, 3.8) is 0 Å². The molecule has 0 unspecified atom stereocenters. The molecule has 50 valence electrons. The van der Waals surface area contributed by atoms with Gasteiger partial charge in [-0.3, -0.25) is 0 Å². The molecule has 0 atom stereocenters. The Morgan fingerprint density at radius 2 is 1.80 bits per heavy atom. The molecule has 2 heterocycles. The Morgan fingerprint density at radius 1 is 1.40 bits per heavy atom. The van der Waals surface area contributed by atoms with Gasteiger partial charge in [0.05, 0.1) is 6.07 Å². The van der Waals surface area contributed by atoms with Gasteiger partial charge in [-0.2, -0.15) is 5.26 Å². The van der Waals surface area contributed by atoms with Crippen LogP contribution in [0, 0.1) is 11.3 Å². The number of rotatable bonds is 0. The smallest absolute Gasteiger partial charge is 0.0587 e. The van der Waals surface area contributed by atoms with Gasteiger partial charge in [0.2, 0.25) is 0 Å². The number of nitrogens with zero attached hydrogens (tertiary/aromatic N) is 1. The summed E-state index contributed by atoms with van der Waals surface area (Å²) in [6.07, 6.45) is 0. The average Bonchev–Trinajstić information content (AvgIpc) is 1.90. The van der Waals surface area contributed by atoms with Crippen molar-refractivity contribution in [3.05, 3.63) is 24.3 Å². The van der Waals surface area contributed by atoms with Gasteiger partial charge in [0.25, 0.3) is 0 Å². The molecule has 3 rings (SSSR count). The minimum Gasteiger partial charge on any atom is -0.355 e. The molecule has 2 aliphatic heterocycles. The molecule has 0 radical (unpaired) electrons. The number of benzene rings is 1. The van der Waals surface area contributed by atoms with E-state index in [1.165, 1.54) is 18.3 Å². The predicted molar refractivity (Wildman–Crippen MR) is 41.0 cm³/mol. The summed E-state index contributed by atoms with van der Waals surface area (Å²) in [6, 6.07) is 10.0. The first-order valence-electron chi connectivity index (χ1n) is 3.04. The van der Waals surface area contributed by atoms with Crippen LogP contribution in [0.4, 0.5) is 11.4 Å². The third-order valence-corrected chi connectivity index (χ3v) is 1.15. The number of anilines is 2. The Balaban J connectivity index is 0.000000148. The summed E-state index contributed by atoms with van der Waals surface area (Å²) in [5.41, 5.74) is 2.47. The van der Waals surface area contributed by atoms with Crippen LogP contribution >= 0.6 is 0 Å². The van der Waals surface area contributed by atoms with E-state index < -0.39 is 0 Å². The van der Waals surface area contributed by atoms with E-state index in [4.69, 9.17) is 5.26 Å². The molecule has 0 spiro atoms. The van der Waals surface area contributed by atoms with Crippen molar-refractivity contribution in [1.82, 2.24) is 0 Å². The predicted octanol–water partition coefficient (Wildman–Crippen LogP) is 2.27. The van der Waals surface area contributed by atoms with Crippen LogP contribution in [-0.2, 0) is 0 Å². The van der Waals surface area contributed by atoms with Crippen molar-refractivity contribution >= 4 is 11.4 Å². The van der Waals surface area contributed by atoms with Gasteiger partial charge in [-0.25, -0.2) is 0 Å². The Kier molecular flexibility index (Phi) is 1.91. The summed E-state index contributed by atoms with van der Waals surface area (Å²) < 4.78 is 0. The standard InChI is InChI=1S/C6H5N.C2H3N/c1-2-5-4-6(3-1)7-5;1-2-3/h1-4,7H;1H3. The van der Waals surface area contributed by atoms with Crippen LogP contribution in [0.5, 0.6) is 0 Å². The molecule has 0 fully saturated rings. The number of hydrogen-bond acceptors (Lipinski definition) is 2. The lowest BCUT2D eigenvalue weighted by Gasteiger charge is -2.15. The van der Waals surface area contributed by atoms with Crippen molar-refractivity contribution in [2.75, 3.05) is 5.32 Å². The number of nitriles is 1. The summed E-state index contributed by atoms with van der Waals surface area (Å²) in [5.74, 6) is 0. The first-order chi connectivity index (χ1) is 4.86. The molecule has 0 aromatic heterocycles. The first-order valence-corrected chi connectivity index (χ1v) is 3.04. The maximum Gasteiger partial charge on any atom is 0.0587 e. The van der Waals surface area contributed by atoms with Gasteiger partial charge in [0, 0.05) is 18.3 Å². The number of hydrogen-bond donors (Lipinski definition) is 1.